The van der Waals surface area contributed by atoms with Gasteiger partial charge in [-0.15, -0.1) is 0 Å². The molecule has 1 fully saturated rings. The van der Waals surface area contributed by atoms with Crippen LogP contribution in [0.2, 0.25) is 0 Å². The maximum atomic E-state index is 13.1. The first-order valence-corrected chi connectivity index (χ1v) is 10.7. The first-order chi connectivity index (χ1) is 14.5. The lowest BCUT2D eigenvalue weighted by atomic mass is 10.1. The van der Waals surface area contributed by atoms with Gasteiger partial charge in [0, 0.05) is 49.8 Å². The minimum atomic E-state index is -0.245. The minimum absolute atomic E-state index is 0.0682. The summed E-state index contributed by atoms with van der Waals surface area (Å²) in [5.41, 5.74) is 3.99. The molecule has 1 aliphatic rings. The number of para-hydroxylation sites is 1. The van der Waals surface area contributed by atoms with E-state index < -0.39 is 0 Å². The molecule has 3 aromatic rings. The van der Waals surface area contributed by atoms with Gasteiger partial charge >= 0.3 is 6.03 Å². The van der Waals surface area contributed by atoms with E-state index in [0.29, 0.717) is 32.6 Å². The molecule has 2 aromatic carbocycles. The predicted molar refractivity (Wildman–Crippen MR) is 118 cm³/mol. The molecule has 30 heavy (non-hydrogen) atoms. The molecule has 0 saturated carbocycles. The van der Waals surface area contributed by atoms with Gasteiger partial charge < -0.3 is 15.1 Å². The topological polar surface area (TPSA) is 61.4 Å². The molecule has 1 aliphatic heterocycles. The molecule has 156 valence electrons. The molecule has 6 nitrogen and oxygen atoms in total. The van der Waals surface area contributed by atoms with E-state index >= 15 is 0 Å². The Morgan fingerprint density at radius 2 is 1.73 bits per heavy atom. The number of halogens is 1. The Bertz CT molecular complexity index is 1010. The third-order valence-electron chi connectivity index (χ3n) is 5.28. The Balaban J connectivity index is 1.33. The van der Waals surface area contributed by atoms with Gasteiger partial charge in [0.1, 0.15) is 11.6 Å². The molecular weight excluding hydrogens is 401 g/mol. The lowest BCUT2D eigenvalue weighted by molar-refractivity contribution is 0.208. The Morgan fingerprint density at radius 1 is 1.07 bits per heavy atom. The van der Waals surface area contributed by atoms with Crippen molar-refractivity contribution >= 4 is 28.4 Å². The molecule has 0 spiro atoms. The number of nitrogens with one attached hydrogen (secondary N) is 1. The van der Waals surface area contributed by atoms with Crippen LogP contribution < -0.4 is 10.2 Å². The van der Waals surface area contributed by atoms with Crippen LogP contribution in [0, 0.1) is 19.7 Å². The van der Waals surface area contributed by atoms with Gasteiger partial charge in [0.25, 0.3) is 0 Å². The third kappa shape index (κ3) is 4.59. The molecule has 0 unspecified atom stereocenters. The number of nitrogens with zero attached hydrogens (tertiary/aromatic N) is 4. The summed E-state index contributed by atoms with van der Waals surface area (Å²) in [6, 6.07) is 12.3. The molecular formula is C22H24FN5OS. The summed E-state index contributed by atoms with van der Waals surface area (Å²) in [5.74, 6) is 0.488. The number of aryl methyl sites for hydroxylation is 2. The van der Waals surface area contributed by atoms with Crippen molar-refractivity contribution in [2.75, 3.05) is 36.4 Å². The van der Waals surface area contributed by atoms with Crippen molar-refractivity contribution in [3.8, 4) is 0 Å². The molecule has 0 radical (unpaired) electrons. The van der Waals surface area contributed by atoms with Crippen LogP contribution in [0.4, 0.5) is 20.0 Å². The number of anilines is 2. The quantitative estimate of drug-likeness (QED) is 0.679. The van der Waals surface area contributed by atoms with Crippen LogP contribution >= 0.6 is 11.5 Å². The van der Waals surface area contributed by atoms with Gasteiger partial charge in [0.2, 0.25) is 5.13 Å². The van der Waals surface area contributed by atoms with E-state index in [-0.39, 0.29) is 11.8 Å². The second-order valence-electron chi connectivity index (χ2n) is 7.47. The van der Waals surface area contributed by atoms with E-state index in [1.54, 1.807) is 12.1 Å². The summed E-state index contributed by atoms with van der Waals surface area (Å²) in [7, 11) is 0. The largest absolute Gasteiger partial charge is 0.343 e. The molecule has 1 aromatic heterocycles. The van der Waals surface area contributed by atoms with E-state index in [2.05, 4.69) is 19.6 Å². The summed E-state index contributed by atoms with van der Waals surface area (Å²) in [6.07, 6.45) is 0.578. The summed E-state index contributed by atoms with van der Waals surface area (Å²) in [5, 5.41) is 3.92. The number of rotatable bonds is 4. The number of urea groups is 1. The van der Waals surface area contributed by atoms with Crippen LogP contribution in [0.15, 0.2) is 42.5 Å². The summed E-state index contributed by atoms with van der Waals surface area (Å²) < 4.78 is 17.5. The van der Waals surface area contributed by atoms with E-state index in [9.17, 15) is 9.18 Å². The lowest BCUT2D eigenvalue weighted by Gasteiger charge is -2.34. The van der Waals surface area contributed by atoms with Crippen LogP contribution in [-0.2, 0) is 6.42 Å². The molecule has 0 atom stereocenters. The first-order valence-electron chi connectivity index (χ1n) is 9.94. The van der Waals surface area contributed by atoms with Crippen LogP contribution in [0.5, 0.6) is 0 Å². The van der Waals surface area contributed by atoms with Gasteiger partial charge in [-0.3, -0.25) is 0 Å². The number of carbonyl (C=O) groups is 1. The van der Waals surface area contributed by atoms with Crippen molar-refractivity contribution in [3.05, 3.63) is 70.8 Å². The summed E-state index contributed by atoms with van der Waals surface area (Å²) in [6.45, 7) is 6.68. The highest BCUT2D eigenvalue weighted by atomic mass is 32.1. The maximum Gasteiger partial charge on any atom is 0.321 e. The highest BCUT2D eigenvalue weighted by Gasteiger charge is 2.24. The molecule has 2 heterocycles. The Labute approximate surface area is 179 Å². The van der Waals surface area contributed by atoms with Crippen LogP contribution in [0.3, 0.4) is 0 Å². The summed E-state index contributed by atoms with van der Waals surface area (Å²) >= 11 is 1.37. The van der Waals surface area contributed by atoms with Crippen LogP contribution in [-0.4, -0.2) is 46.5 Å². The Morgan fingerprint density at radius 3 is 2.40 bits per heavy atom. The molecule has 0 bridgehead atoms. The van der Waals surface area contributed by atoms with Crippen molar-refractivity contribution in [3.63, 3.8) is 0 Å². The molecule has 8 heteroatoms. The smallest absolute Gasteiger partial charge is 0.321 e. The van der Waals surface area contributed by atoms with E-state index in [1.807, 2.05) is 36.9 Å². The van der Waals surface area contributed by atoms with Crippen molar-refractivity contribution in [2.24, 2.45) is 0 Å². The molecule has 2 amide bonds. The van der Waals surface area contributed by atoms with Crippen LogP contribution in [0.25, 0.3) is 0 Å². The second-order valence-corrected chi connectivity index (χ2v) is 8.20. The van der Waals surface area contributed by atoms with E-state index in [0.717, 1.165) is 33.3 Å². The van der Waals surface area contributed by atoms with Crippen molar-refractivity contribution in [1.82, 2.24) is 14.3 Å². The highest BCUT2D eigenvalue weighted by molar-refractivity contribution is 7.09. The molecule has 1 N–H and O–H groups in total. The van der Waals surface area contributed by atoms with Gasteiger partial charge in [-0.1, -0.05) is 30.3 Å². The van der Waals surface area contributed by atoms with Crippen LogP contribution in [0.1, 0.15) is 22.5 Å². The zero-order valence-electron chi connectivity index (χ0n) is 17.1. The fourth-order valence-corrected chi connectivity index (χ4v) is 4.26. The normalized spacial score (nSPS) is 14.1. The third-order valence-corrected chi connectivity index (χ3v) is 6.10. The number of benzene rings is 2. The van der Waals surface area contributed by atoms with Gasteiger partial charge in [0.05, 0.1) is 0 Å². The van der Waals surface area contributed by atoms with Gasteiger partial charge in [-0.05, 0) is 42.7 Å². The number of carbonyl (C=O) groups excluding carboxylic acids is 1. The van der Waals surface area contributed by atoms with Gasteiger partial charge in [0.15, 0.2) is 0 Å². The SMILES string of the molecule is Cc1cccc(C)c1NC(=O)N1CCN(c2nc(Cc3ccc(F)cc3)ns2)CC1. The number of aromatic nitrogens is 2. The van der Waals surface area contributed by atoms with Gasteiger partial charge in [-0.25, -0.2) is 14.2 Å². The zero-order valence-corrected chi connectivity index (χ0v) is 17.9. The number of hydrogen-bond acceptors (Lipinski definition) is 5. The summed E-state index contributed by atoms with van der Waals surface area (Å²) in [4.78, 5) is 21.3. The fourth-order valence-electron chi connectivity index (χ4n) is 3.53. The number of hydrogen-bond donors (Lipinski definition) is 1. The molecule has 1 saturated heterocycles. The minimum Gasteiger partial charge on any atom is -0.343 e. The van der Waals surface area contributed by atoms with Gasteiger partial charge in [-0.2, -0.15) is 4.37 Å². The molecule has 4 rings (SSSR count). The van der Waals surface area contributed by atoms with E-state index in [1.165, 1.54) is 23.7 Å². The zero-order chi connectivity index (χ0) is 21.1. The van der Waals surface area contributed by atoms with Crippen molar-refractivity contribution in [1.29, 1.82) is 0 Å². The lowest BCUT2D eigenvalue weighted by Crippen LogP contribution is -2.50. The fraction of sp³-hybridized carbons (Fsp3) is 0.318. The second kappa shape index (κ2) is 8.79. The average molecular weight is 426 g/mol. The Hall–Kier alpha value is -3.00. The maximum absolute atomic E-state index is 13.1. The highest BCUT2D eigenvalue weighted by Crippen LogP contribution is 2.22. The standard InChI is InChI=1S/C22H24FN5OS/c1-15-4-3-5-16(2)20(15)25-21(29)27-10-12-28(13-11-27)22-24-19(26-30-22)14-17-6-8-18(23)9-7-17/h3-9H,10-14H2,1-2H3,(H,25,29). The first kappa shape index (κ1) is 20.3. The predicted octanol–water partition coefficient (Wildman–Crippen LogP) is 4.24. The monoisotopic (exact) mass is 425 g/mol. The van der Waals surface area contributed by atoms with Crippen molar-refractivity contribution in [2.45, 2.75) is 20.3 Å². The molecule has 0 aliphatic carbocycles. The number of piperazine rings is 1. The van der Waals surface area contributed by atoms with E-state index in [4.69, 9.17) is 0 Å². The average Bonchev–Trinajstić information content (AvgIpc) is 3.21. The number of amides is 2. The Kier molecular flexibility index (Phi) is 5.94. The van der Waals surface area contributed by atoms with Crippen molar-refractivity contribution < 1.29 is 9.18 Å².